The zero-order valence-corrected chi connectivity index (χ0v) is 5.53. The SMILES string of the molecule is CCC(N=NC)C(=O)O. The van der Waals surface area contributed by atoms with Crippen LogP contribution < -0.4 is 0 Å². The second-order valence-electron chi connectivity index (χ2n) is 1.58. The Kier molecular flexibility index (Phi) is 3.59. The average molecular weight is 130 g/mol. The summed E-state index contributed by atoms with van der Waals surface area (Å²) in [5, 5.41) is 15.2. The monoisotopic (exact) mass is 130 g/mol. The molecule has 9 heavy (non-hydrogen) atoms. The van der Waals surface area contributed by atoms with Gasteiger partial charge < -0.3 is 5.11 Å². The number of aliphatic carboxylic acids is 1. The molecule has 0 heterocycles. The minimum Gasteiger partial charge on any atom is -0.480 e. The molecular formula is C5H10N2O2. The number of rotatable bonds is 3. The molecule has 1 atom stereocenters. The summed E-state index contributed by atoms with van der Waals surface area (Å²) < 4.78 is 0. The Bertz CT molecular complexity index is 122. The summed E-state index contributed by atoms with van der Waals surface area (Å²) >= 11 is 0. The normalized spacial score (nSPS) is 14.0. The first kappa shape index (κ1) is 8.07. The molecule has 0 aromatic heterocycles. The van der Waals surface area contributed by atoms with Gasteiger partial charge >= 0.3 is 5.97 Å². The molecule has 1 N–H and O–H groups in total. The zero-order chi connectivity index (χ0) is 7.28. The molecule has 0 spiro atoms. The van der Waals surface area contributed by atoms with E-state index in [1.807, 2.05) is 0 Å². The third-order valence-electron chi connectivity index (χ3n) is 0.927. The van der Waals surface area contributed by atoms with Gasteiger partial charge in [-0.1, -0.05) is 6.92 Å². The van der Waals surface area contributed by atoms with E-state index in [9.17, 15) is 4.79 Å². The zero-order valence-electron chi connectivity index (χ0n) is 5.53. The minimum atomic E-state index is -0.914. The van der Waals surface area contributed by atoms with Crippen LogP contribution in [0.2, 0.25) is 0 Å². The molecule has 0 aliphatic rings. The molecule has 0 saturated carbocycles. The Balaban J connectivity index is 3.83. The van der Waals surface area contributed by atoms with Crippen molar-refractivity contribution in [1.82, 2.24) is 0 Å². The predicted molar refractivity (Wildman–Crippen MR) is 32.5 cm³/mol. The maximum atomic E-state index is 10.2. The van der Waals surface area contributed by atoms with Crippen LogP contribution in [-0.4, -0.2) is 24.2 Å². The fourth-order valence-electron chi connectivity index (χ4n) is 0.445. The highest BCUT2D eigenvalue weighted by molar-refractivity contribution is 5.73. The topological polar surface area (TPSA) is 62.0 Å². The van der Waals surface area contributed by atoms with Crippen molar-refractivity contribution < 1.29 is 9.90 Å². The molecular weight excluding hydrogens is 120 g/mol. The van der Waals surface area contributed by atoms with Gasteiger partial charge in [0.25, 0.3) is 0 Å². The number of hydrogen-bond acceptors (Lipinski definition) is 3. The van der Waals surface area contributed by atoms with Crippen LogP contribution in [0.1, 0.15) is 13.3 Å². The molecule has 52 valence electrons. The Morgan fingerprint density at radius 3 is 2.44 bits per heavy atom. The van der Waals surface area contributed by atoms with Gasteiger partial charge in [0.2, 0.25) is 0 Å². The van der Waals surface area contributed by atoms with Gasteiger partial charge in [-0.2, -0.15) is 10.2 Å². The summed E-state index contributed by atoms with van der Waals surface area (Å²) in [7, 11) is 1.46. The molecule has 0 fully saturated rings. The number of hydrogen-bond donors (Lipinski definition) is 1. The van der Waals surface area contributed by atoms with Crippen molar-refractivity contribution in [2.24, 2.45) is 10.2 Å². The van der Waals surface area contributed by atoms with Crippen molar-refractivity contribution in [3.63, 3.8) is 0 Å². The van der Waals surface area contributed by atoms with Crippen molar-refractivity contribution in [2.75, 3.05) is 7.05 Å². The van der Waals surface area contributed by atoms with Gasteiger partial charge in [0, 0.05) is 7.05 Å². The standard InChI is InChI=1S/C5H10N2O2/c1-3-4(5(8)9)7-6-2/h4H,3H2,1-2H3,(H,8,9). The first-order valence-corrected chi connectivity index (χ1v) is 2.74. The third-order valence-corrected chi connectivity index (χ3v) is 0.927. The molecule has 0 bridgehead atoms. The maximum absolute atomic E-state index is 10.2. The summed E-state index contributed by atoms with van der Waals surface area (Å²) in [6.45, 7) is 1.76. The van der Waals surface area contributed by atoms with Crippen molar-refractivity contribution in [3.05, 3.63) is 0 Å². The summed E-state index contributed by atoms with van der Waals surface area (Å²) in [6.07, 6.45) is 0.493. The molecule has 0 rings (SSSR count). The van der Waals surface area contributed by atoms with Crippen LogP contribution in [0.5, 0.6) is 0 Å². The van der Waals surface area contributed by atoms with Gasteiger partial charge in [0.15, 0.2) is 6.04 Å². The van der Waals surface area contributed by atoms with E-state index in [1.165, 1.54) is 7.05 Å². The van der Waals surface area contributed by atoms with E-state index in [2.05, 4.69) is 10.2 Å². The molecule has 0 aromatic rings. The van der Waals surface area contributed by atoms with E-state index in [-0.39, 0.29) is 0 Å². The Morgan fingerprint density at radius 2 is 2.33 bits per heavy atom. The smallest absolute Gasteiger partial charge is 0.330 e. The van der Waals surface area contributed by atoms with E-state index in [4.69, 9.17) is 5.11 Å². The van der Waals surface area contributed by atoms with Crippen LogP contribution in [-0.2, 0) is 4.79 Å². The van der Waals surface area contributed by atoms with Crippen LogP contribution in [0.3, 0.4) is 0 Å². The Morgan fingerprint density at radius 1 is 1.78 bits per heavy atom. The molecule has 0 saturated heterocycles. The summed E-state index contributed by atoms with van der Waals surface area (Å²) in [5.74, 6) is -0.914. The Labute approximate surface area is 53.6 Å². The van der Waals surface area contributed by atoms with Crippen molar-refractivity contribution >= 4 is 5.97 Å². The van der Waals surface area contributed by atoms with E-state index in [1.54, 1.807) is 6.92 Å². The molecule has 0 aromatic carbocycles. The number of nitrogens with zero attached hydrogens (tertiary/aromatic N) is 2. The number of carbonyl (C=O) groups is 1. The first-order chi connectivity index (χ1) is 4.22. The number of carboxylic acid groups (broad SMARTS) is 1. The highest BCUT2D eigenvalue weighted by Gasteiger charge is 2.11. The maximum Gasteiger partial charge on any atom is 0.330 e. The van der Waals surface area contributed by atoms with E-state index in [0.717, 1.165) is 0 Å². The lowest BCUT2D eigenvalue weighted by atomic mass is 10.2. The second kappa shape index (κ2) is 4.00. The minimum absolute atomic E-state index is 0.493. The first-order valence-electron chi connectivity index (χ1n) is 2.74. The molecule has 0 aliphatic carbocycles. The highest BCUT2D eigenvalue weighted by Crippen LogP contribution is 1.96. The lowest BCUT2D eigenvalue weighted by Crippen LogP contribution is -2.15. The van der Waals surface area contributed by atoms with Crippen molar-refractivity contribution in [3.8, 4) is 0 Å². The van der Waals surface area contributed by atoms with Crippen LogP contribution in [0, 0.1) is 0 Å². The number of carboxylic acids is 1. The quantitative estimate of drug-likeness (QED) is 0.577. The lowest BCUT2D eigenvalue weighted by molar-refractivity contribution is -0.138. The van der Waals surface area contributed by atoms with Gasteiger partial charge in [-0.25, -0.2) is 4.79 Å². The van der Waals surface area contributed by atoms with E-state index < -0.39 is 12.0 Å². The largest absolute Gasteiger partial charge is 0.480 e. The van der Waals surface area contributed by atoms with Gasteiger partial charge in [-0.05, 0) is 6.42 Å². The molecule has 0 aliphatic heterocycles. The van der Waals surface area contributed by atoms with Crippen LogP contribution in [0.25, 0.3) is 0 Å². The second-order valence-corrected chi connectivity index (χ2v) is 1.58. The van der Waals surface area contributed by atoms with Gasteiger partial charge in [-0.3, -0.25) is 0 Å². The summed E-state index contributed by atoms with van der Waals surface area (Å²) in [6, 6.07) is -0.657. The van der Waals surface area contributed by atoms with Crippen molar-refractivity contribution in [2.45, 2.75) is 19.4 Å². The fourth-order valence-corrected chi connectivity index (χ4v) is 0.445. The molecule has 4 heteroatoms. The van der Waals surface area contributed by atoms with Gasteiger partial charge in [-0.15, -0.1) is 0 Å². The Hall–Kier alpha value is -0.930. The number of azo groups is 1. The van der Waals surface area contributed by atoms with Crippen LogP contribution in [0.4, 0.5) is 0 Å². The molecule has 0 radical (unpaired) electrons. The lowest BCUT2D eigenvalue weighted by Gasteiger charge is -1.98. The molecule has 1 unspecified atom stereocenters. The van der Waals surface area contributed by atoms with Crippen molar-refractivity contribution in [1.29, 1.82) is 0 Å². The third kappa shape index (κ3) is 2.79. The fraction of sp³-hybridized carbons (Fsp3) is 0.800. The average Bonchev–Trinajstić information content (AvgIpc) is 1.82. The van der Waals surface area contributed by atoms with Crippen LogP contribution >= 0.6 is 0 Å². The van der Waals surface area contributed by atoms with Gasteiger partial charge in [0.05, 0.1) is 0 Å². The van der Waals surface area contributed by atoms with Crippen LogP contribution in [0.15, 0.2) is 10.2 Å². The summed E-state index contributed by atoms with van der Waals surface area (Å²) in [5.41, 5.74) is 0. The van der Waals surface area contributed by atoms with E-state index in [0.29, 0.717) is 6.42 Å². The summed E-state index contributed by atoms with van der Waals surface area (Å²) in [4.78, 5) is 10.2. The molecule has 4 nitrogen and oxygen atoms in total. The highest BCUT2D eigenvalue weighted by atomic mass is 16.4. The van der Waals surface area contributed by atoms with E-state index >= 15 is 0 Å². The molecule has 0 amide bonds. The predicted octanol–water partition coefficient (Wildman–Crippen LogP) is 0.932. The van der Waals surface area contributed by atoms with Gasteiger partial charge in [0.1, 0.15) is 0 Å².